The first kappa shape index (κ1) is 14.8. The molecule has 1 aromatic rings. The van der Waals surface area contributed by atoms with Crippen molar-refractivity contribution in [3.63, 3.8) is 0 Å². The molecule has 1 heterocycles. The molecule has 0 spiro atoms. The summed E-state index contributed by atoms with van der Waals surface area (Å²) in [4.78, 5) is 22.2. The summed E-state index contributed by atoms with van der Waals surface area (Å²) in [7, 11) is 1.76. The Hall–Kier alpha value is -1.30. The molecule has 0 aliphatic rings. The topological polar surface area (TPSA) is 72.1 Å². The first-order chi connectivity index (χ1) is 8.47. The summed E-state index contributed by atoms with van der Waals surface area (Å²) in [5.41, 5.74) is 6.42. The van der Waals surface area contributed by atoms with E-state index in [1.807, 2.05) is 20.1 Å². The molecular formula is C12H20N4OS. The summed E-state index contributed by atoms with van der Waals surface area (Å²) in [5, 5.41) is 0. The highest BCUT2D eigenvalue weighted by Crippen LogP contribution is 2.15. The van der Waals surface area contributed by atoms with Crippen molar-refractivity contribution in [2.75, 3.05) is 31.3 Å². The Balaban J connectivity index is 2.93. The number of carbonyl (C=O) groups is 1. The summed E-state index contributed by atoms with van der Waals surface area (Å²) in [5.74, 6) is 1.56. The molecule has 1 aromatic heterocycles. The zero-order valence-electron chi connectivity index (χ0n) is 11.3. The third-order valence-electron chi connectivity index (χ3n) is 2.53. The summed E-state index contributed by atoms with van der Waals surface area (Å²) in [6, 6.07) is 0. The zero-order chi connectivity index (χ0) is 13.7. The van der Waals surface area contributed by atoms with Crippen LogP contribution >= 0.6 is 11.8 Å². The second kappa shape index (κ2) is 6.58. The molecule has 100 valence electrons. The first-order valence-electron chi connectivity index (χ1n) is 5.84. The molecule has 0 saturated carbocycles. The maximum absolute atomic E-state index is 12.2. The van der Waals surface area contributed by atoms with Gasteiger partial charge < -0.3 is 10.6 Å². The lowest BCUT2D eigenvalue weighted by atomic mass is 10.2. The van der Waals surface area contributed by atoms with Gasteiger partial charge in [-0.1, -0.05) is 13.8 Å². The Bertz CT molecular complexity index is 423. The van der Waals surface area contributed by atoms with Crippen molar-refractivity contribution in [2.45, 2.75) is 19.8 Å². The van der Waals surface area contributed by atoms with Crippen LogP contribution in [0, 0.1) is 0 Å². The van der Waals surface area contributed by atoms with Gasteiger partial charge in [0.25, 0.3) is 5.91 Å². The quantitative estimate of drug-likeness (QED) is 0.878. The van der Waals surface area contributed by atoms with Gasteiger partial charge in [0, 0.05) is 25.3 Å². The highest BCUT2D eigenvalue weighted by molar-refractivity contribution is 7.98. The summed E-state index contributed by atoms with van der Waals surface area (Å²) >= 11 is 1.70. The van der Waals surface area contributed by atoms with E-state index in [1.165, 1.54) is 6.20 Å². The fraction of sp³-hybridized carbons (Fsp3) is 0.583. The SMILES string of the molecule is CSCCN(C)C(=O)c1nc(C(C)C)ncc1N. The molecule has 0 aromatic carbocycles. The Morgan fingerprint density at radius 1 is 1.56 bits per heavy atom. The number of nitrogens with two attached hydrogens (primary N) is 1. The van der Waals surface area contributed by atoms with Crippen molar-refractivity contribution in [3.05, 3.63) is 17.7 Å². The average Bonchev–Trinajstić information content (AvgIpc) is 2.35. The van der Waals surface area contributed by atoms with Gasteiger partial charge >= 0.3 is 0 Å². The fourth-order valence-corrected chi connectivity index (χ4v) is 1.82. The summed E-state index contributed by atoms with van der Waals surface area (Å²) in [6.45, 7) is 4.65. The lowest BCUT2D eigenvalue weighted by Gasteiger charge is -2.17. The number of thioether (sulfide) groups is 1. The molecule has 1 rings (SSSR count). The van der Waals surface area contributed by atoms with E-state index in [0.717, 1.165) is 5.75 Å². The number of nitrogens with zero attached hydrogens (tertiary/aromatic N) is 3. The van der Waals surface area contributed by atoms with Crippen molar-refractivity contribution >= 4 is 23.4 Å². The van der Waals surface area contributed by atoms with Crippen molar-refractivity contribution in [1.82, 2.24) is 14.9 Å². The van der Waals surface area contributed by atoms with Crippen LogP contribution in [0.2, 0.25) is 0 Å². The van der Waals surface area contributed by atoms with Crippen LogP contribution in [-0.2, 0) is 0 Å². The highest BCUT2D eigenvalue weighted by atomic mass is 32.2. The van der Waals surface area contributed by atoms with Gasteiger partial charge in [0.2, 0.25) is 0 Å². The van der Waals surface area contributed by atoms with Crippen LogP contribution < -0.4 is 5.73 Å². The minimum absolute atomic E-state index is 0.147. The van der Waals surface area contributed by atoms with E-state index in [2.05, 4.69) is 9.97 Å². The third-order valence-corrected chi connectivity index (χ3v) is 3.12. The molecule has 6 heteroatoms. The lowest BCUT2D eigenvalue weighted by molar-refractivity contribution is 0.0798. The maximum atomic E-state index is 12.2. The van der Waals surface area contributed by atoms with E-state index in [4.69, 9.17) is 5.73 Å². The van der Waals surface area contributed by atoms with Gasteiger partial charge in [-0.2, -0.15) is 11.8 Å². The zero-order valence-corrected chi connectivity index (χ0v) is 12.1. The second-order valence-corrected chi connectivity index (χ2v) is 5.39. The summed E-state index contributed by atoms with van der Waals surface area (Å²) < 4.78 is 0. The molecule has 0 fully saturated rings. The van der Waals surface area contributed by atoms with Gasteiger partial charge in [-0.15, -0.1) is 0 Å². The molecule has 0 atom stereocenters. The number of hydrogen-bond donors (Lipinski definition) is 1. The van der Waals surface area contributed by atoms with Crippen molar-refractivity contribution in [3.8, 4) is 0 Å². The van der Waals surface area contributed by atoms with Crippen LogP contribution in [0.15, 0.2) is 6.20 Å². The number of aromatic nitrogens is 2. The van der Waals surface area contributed by atoms with Crippen LogP contribution in [-0.4, -0.2) is 46.4 Å². The number of nitrogen functional groups attached to an aromatic ring is 1. The Kier molecular flexibility index (Phi) is 5.40. The fourth-order valence-electron chi connectivity index (χ4n) is 1.36. The Morgan fingerprint density at radius 3 is 2.78 bits per heavy atom. The number of hydrogen-bond acceptors (Lipinski definition) is 5. The molecule has 0 radical (unpaired) electrons. The van der Waals surface area contributed by atoms with Crippen molar-refractivity contribution < 1.29 is 4.79 Å². The van der Waals surface area contributed by atoms with Crippen LogP contribution in [0.1, 0.15) is 36.1 Å². The monoisotopic (exact) mass is 268 g/mol. The number of anilines is 1. The van der Waals surface area contributed by atoms with E-state index in [-0.39, 0.29) is 11.8 Å². The van der Waals surface area contributed by atoms with Crippen LogP contribution in [0.3, 0.4) is 0 Å². The standard InChI is InChI=1S/C12H20N4OS/c1-8(2)11-14-7-9(13)10(15-11)12(17)16(3)5-6-18-4/h7-8H,5-6,13H2,1-4H3. The van der Waals surface area contributed by atoms with E-state index in [0.29, 0.717) is 23.8 Å². The van der Waals surface area contributed by atoms with E-state index in [1.54, 1.807) is 23.7 Å². The molecule has 18 heavy (non-hydrogen) atoms. The van der Waals surface area contributed by atoms with Gasteiger partial charge in [0.05, 0.1) is 11.9 Å². The van der Waals surface area contributed by atoms with E-state index < -0.39 is 0 Å². The molecule has 0 unspecified atom stereocenters. The Morgan fingerprint density at radius 2 is 2.22 bits per heavy atom. The third kappa shape index (κ3) is 3.60. The highest BCUT2D eigenvalue weighted by Gasteiger charge is 2.18. The summed E-state index contributed by atoms with van der Waals surface area (Å²) in [6.07, 6.45) is 3.52. The molecule has 5 nitrogen and oxygen atoms in total. The lowest BCUT2D eigenvalue weighted by Crippen LogP contribution is -2.30. The minimum Gasteiger partial charge on any atom is -0.396 e. The predicted molar refractivity (Wildman–Crippen MR) is 75.9 cm³/mol. The molecule has 0 aliphatic heterocycles. The second-order valence-electron chi connectivity index (χ2n) is 4.41. The normalized spacial score (nSPS) is 10.7. The van der Waals surface area contributed by atoms with E-state index in [9.17, 15) is 4.79 Å². The van der Waals surface area contributed by atoms with Gasteiger partial charge in [-0.25, -0.2) is 9.97 Å². The largest absolute Gasteiger partial charge is 0.396 e. The first-order valence-corrected chi connectivity index (χ1v) is 7.23. The molecule has 0 aliphatic carbocycles. The van der Waals surface area contributed by atoms with Crippen LogP contribution in [0.4, 0.5) is 5.69 Å². The molecule has 1 amide bonds. The average molecular weight is 268 g/mol. The van der Waals surface area contributed by atoms with Crippen molar-refractivity contribution in [1.29, 1.82) is 0 Å². The number of carbonyl (C=O) groups excluding carboxylic acids is 1. The minimum atomic E-state index is -0.147. The van der Waals surface area contributed by atoms with Crippen LogP contribution in [0.5, 0.6) is 0 Å². The van der Waals surface area contributed by atoms with Gasteiger partial charge in [-0.3, -0.25) is 4.79 Å². The van der Waals surface area contributed by atoms with Gasteiger partial charge in [-0.05, 0) is 6.26 Å². The van der Waals surface area contributed by atoms with Gasteiger partial charge in [0.15, 0.2) is 5.69 Å². The smallest absolute Gasteiger partial charge is 0.274 e. The maximum Gasteiger partial charge on any atom is 0.274 e. The number of amides is 1. The predicted octanol–water partition coefficient (Wildman–Crippen LogP) is 1.62. The van der Waals surface area contributed by atoms with Gasteiger partial charge in [0.1, 0.15) is 5.82 Å². The molecule has 0 bridgehead atoms. The van der Waals surface area contributed by atoms with Crippen LogP contribution in [0.25, 0.3) is 0 Å². The van der Waals surface area contributed by atoms with E-state index >= 15 is 0 Å². The molecule has 0 saturated heterocycles. The molecule has 2 N–H and O–H groups in total. The Labute approximate surface area is 112 Å². The van der Waals surface area contributed by atoms with Crippen molar-refractivity contribution in [2.24, 2.45) is 0 Å². The molecular weight excluding hydrogens is 248 g/mol. The number of rotatable bonds is 5.